The predicted molar refractivity (Wildman–Crippen MR) is 144 cm³/mol. The molecule has 196 valence electrons. The van der Waals surface area contributed by atoms with Crippen LogP contribution in [0.1, 0.15) is 33.7 Å². The number of rotatable bonds is 6. The van der Waals surface area contributed by atoms with E-state index in [1.807, 2.05) is 13.8 Å². The SMILES string of the molecule is Cc1ccc(S(=O)(=O)N(c2ccc3c(c2)CCCN3C(=O)c2ccco2)S(=O)(=O)c2ccc(C)cc2)cc1. The van der Waals surface area contributed by atoms with Crippen LogP contribution in [0.2, 0.25) is 0 Å². The molecule has 1 aliphatic heterocycles. The summed E-state index contributed by atoms with van der Waals surface area (Å²) in [6, 6.07) is 19.8. The van der Waals surface area contributed by atoms with Crippen LogP contribution in [0.25, 0.3) is 0 Å². The van der Waals surface area contributed by atoms with E-state index in [1.165, 1.54) is 42.7 Å². The first-order chi connectivity index (χ1) is 18.1. The highest BCUT2D eigenvalue weighted by molar-refractivity contribution is 8.10. The van der Waals surface area contributed by atoms with Crippen molar-refractivity contribution in [2.75, 3.05) is 15.2 Å². The van der Waals surface area contributed by atoms with Crippen LogP contribution >= 0.6 is 0 Å². The number of hydrogen-bond donors (Lipinski definition) is 0. The van der Waals surface area contributed by atoms with E-state index in [4.69, 9.17) is 4.42 Å². The van der Waals surface area contributed by atoms with Gasteiger partial charge in [0, 0.05) is 12.2 Å². The quantitative estimate of drug-likeness (QED) is 0.332. The Morgan fingerprint density at radius 3 is 1.92 bits per heavy atom. The number of furan rings is 1. The molecule has 0 fully saturated rings. The molecule has 0 saturated carbocycles. The van der Waals surface area contributed by atoms with Gasteiger partial charge in [-0.15, -0.1) is 0 Å². The first-order valence-corrected chi connectivity index (χ1v) is 14.9. The molecule has 0 bridgehead atoms. The molecule has 10 heteroatoms. The van der Waals surface area contributed by atoms with E-state index in [0.717, 1.165) is 11.1 Å². The largest absolute Gasteiger partial charge is 0.459 e. The summed E-state index contributed by atoms with van der Waals surface area (Å²) in [5.41, 5.74) is 2.90. The van der Waals surface area contributed by atoms with Crippen LogP contribution in [0, 0.1) is 13.8 Å². The Balaban J connectivity index is 1.65. The standard InChI is InChI=1S/C28H26N2O6S2/c1-20-7-12-24(13-8-20)37(32,33)30(38(34,35)25-14-9-21(2)10-15-25)23-11-16-26-22(19-23)5-3-17-29(26)28(31)27-6-4-18-36-27/h4,6-16,18-19H,3,5,17H2,1-2H3. The maximum Gasteiger partial charge on any atom is 0.293 e. The van der Waals surface area contributed by atoms with Crippen molar-refractivity contribution in [2.45, 2.75) is 36.5 Å². The van der Waals surface area contributed by atoms with Crippen molar-refractivity contribution in [3.63, 3.8) is 0 Å². The molecule has 0 atom stereocenters. The lowest BCUT2D eigenvalue weighted by atomic mass is 10.0. The van der Waals surface area contributed by atoms with Gasteiger partial charge in [0.15, 0.2) is 5.76 Å². The van der Waals surface area contributed by atoms with E-state index in [9.17, 15) is 21.6 Å². The molecule has 5 rings (SSSR count). The van der Waals surface area contributed by atoms with Crippen molar-refractivity contribution >= 4 is 37.3 Å². The highest BCUT2D eigenvalue weighted by atomic mass is 32.3. The Morgan fingerprint density at radius 1 is 0.816 bits per heavy atom. The first kappa shape index (κ1) is 25.7. The van der Waals surface area contributed by atoms with E-state index in [0.29, 0.717) is 34.3 Å². The number of fused-ring (bicyclic) bond motifs is 1. The number of carbonyl (C=O) groups excluding carboxylic acids is 1. The molecule has 8 nitrogen and oxygen atoms in total. The van der Waals surface area contributed by atoms with E-state index in [-0.39, 0.29) is 27.1 Å². The van der Waals surface area contributed by atoms with Crippen LogP contribution in [0.15, 0.2) is 99.3 Å². The Kier molecular flexibility index (Phi) is 6.62. The van der Waals surface area contributed by atoms with Crippen molar-refractivity contribution < 1.29 is 26.0 Å². The lowest BCUT2D eigenvalue weighted by Gasteiger charge is -2.31. The van der Waals surface area contributed by atoms with Crippen LogP contribution in [-0.2, 0) is 26.5 Å². The monoisotopic (exact) mass is 550 g/mol. The Morgan fingerprint density at radius 2 is 1.39 bits per heavy atom. The van der Waals surface area contributed by atoms with Crippen molar-refractivity contribution in [3.05, 3.63) is 108 Å². The summed E-state index contributed by atoms with van der Waals surface area (Å²) >= 11 is 0. The summed E-state index contributed by atoms with van der Waals surface area (Å²) in [5, 5.41) is 0. The van der Waals surface area contributed by atoms with E-state index < -0.39 is 20.0 Å². The number of aryl methyl sites for hydroxylation is 3. The summed E-state index contributed by atoms with van der Waals surface area (Å²) in [6.07, 6.45) is 2.59. The molecule has 0 N–H and O–H groups in total. The highest BCUT2D eigenvalue weighted by Crippen LogP contribution is 2.36. The second-order valence-electron chi connectivity index (χ2n) is 9.18. The summed E-state index contributed by atoms with van der Waals surface area (Å²) in [6.45, 7) is 4.09. The average Bonchev–Trinajstić information content (AvgIpc) is 3.43. The third-order valence-corrected chi connectivity index (χ3v) is 10.7. The van der Waals surface area contributed by atoms with Gasteiger partial charge in [-0.1, -0.05) is 35.4 Å². The van der Waals surface area contributed by atoms with Crippen LogP contribution < -0.4 is 8.61 Å². The molecule has 0 radical (unpaired) electrons. The van der Waals surface area contributed by atoms with Gasteiger partial charge in [-0.3, -0.25) is 4.79 Å². The van der Waals surface area contributed by atoms with Gasteiger partial charge in [0.05, 0.1) is 21.7 Å². The molecular formula is C28H26N2O6S2. The highest BCUT2D eigenvalue weighted by Gasteiger charge is 2.38. The van der Waals surface area contributed by atoms with Gasteiger partial charge < -0.3 is 9.32 Å². The van der Waals surface area contributed by atoms with Crippen molar-refractivity contribution in [3.8, 4) is 0 Å². The lowest BCUT2D eigenvalue weighted by Crippen LogP contribution is -2.38. The summed E-state index contributed by atoms with van der Waals surface area (Å²) in [4.78, 5) is 14.3. The molecule has 0 aliphatic carbocycles. The van der Waals surface area contributed by atoms with Crippen molar-refractivity contribution in [2.24, 2.45) is 0 Å². The third kappa shape index (κ3) is 4.61. The topological polar surface area (TPSA) is 105 Å². The Labute approximate surface area is 222 Å². The van der Waals surface area contributed by atoms with Gasteiger partial charge in [0.1, 0.15) is 0 Å². The Bertz CT molecular complexity index is 1620. The summed E-state index contributed by atoms with van der Waals surface area (Å²) < 4.78 is 61.3. The molecule has 0 saturated heterocycles. The maximum atomic E-state index is 13.9. The number of sulfonamides is 2. The van der Waals surface area contributed by atoms with Gasteiger partial charge >= 0.3 is 0 Å². The van der Waals surface area contributed by atoms with Crippen LogP contribution in [0.5, 0.6) is 0 Å². The van der Waals surface area contributed by atoms with Crippen molar-refractivity contribution in [1.29, 1.82) is 0 Å². The zero-order valence-electron chi connectivity index (χ0n) is 20.9. The zero-order chi connectivity index (χ0) is 27.1. The fourth-order valence-electron chi connectivity index (χ4n) is 4.46. The van der Waals surface area contributed by atoms with Gasteiger partial charge in [0.25, 0.3) is 26.0 Å². The van der Waals surface area contributed by atoms with Crippen LogP contribution in [0.4, 0.5) is 11.4 Å². The van der Waals surface area contributed by atoms with Gasteiger partial charge in [0.2, 0.25) is 0 Å². The van der Waals surface area contributed by atoms with E-state index >= 15 is 0 Å². The minimum atomic E-state index is -4.53. The molecule has 1 aromatic heterocycles. The number of carbonyl (C=O) groups is 1. The minimum Gasteiger partial charge on any atom is -0.459 e. The molecule has 1 amide bonds. The fraction of sp³-hybridized carbons (Fsp3) is 0.179. The number of benzene rings is 3. The molecule has 1 aliphatic rings. The average molecular weight is 551 g/mol. The van der Waals surface area contributed by atoms with Crippen LogP contribution in [0.3, 0.4) is 0 Å². The van der Waals surface area contributed by atoms with Gasteiger partial charge in [-0.25, -0.2) is 16.8 Å². The van der Waals surface area contributed by atoms with E-state index in [2.05, 4.69) is 0 Å². The van der Waals surface area contributed by atoms with E-state index in [1.54, 1.807) is 47.4 Å². The predicted octanol–water partition coefficient (Wildman–Crippen LogP) is 5.07. The molecule has 38 heavy (non-hydrogen) atoms. The fourth-order valence-corrected chi connectivity index (χ4v) is 8.14. The normalized spacial score (nSPS) is 13.7. The summed E-state index contributed by atoms with van der Waals surface area (Å²) in [5.74, 6) is -0.132. The summed E-state index contributed by atoms with van der Waals surface area (Å²) in [7, 11) is -9.06. The second-order valence-corrected chi connectivity index (χ2v) is 13.0. The lowest BCUT2D eigenvalue weighted by molar-refractivity contribution is 0.0958. The molecule has 0 unspecified atom stereocenters. The van der Waals surface area contributed by atoms with Gasteiger partial charge in [-0.2, -0.15) is 3.71 Å². The number of anilines is 2. The van der Waals surface area contributed by atoms with Gasteiger partial charge in [-0.05, 0) is 86.8 Å². The molecule has 0 spiro atoms. The Hall–Kier alpha value is -3.89. The third-order valence-electron chi connectivity index (χ3n) is 6.44. The number of nitrogens with zero attached hydrogens (tertiary/aromatic N) is 2. The minimum absolute atomic E-state index is 0.0304. The zero-order valence-corrected chi connectivity index (χ0v) is 22.5. The smallest absolute Gasteiger partial charge is 0.293 e. The second kappa shape index (κ2) is 9.77. The number of hydrogen-bond acceptors (Lipinski definition) is 6. The number of amides is 1. The van der Waals surface area contributed by atoms with Crippen molar-refractivity contribution in [1.82, 2.24) is 0 Å². The molecule has 2 heterocycles. The van der Waals surface area contributed by atoms with Crippen LogP contribution in [-0.4, -0.2) is 29.3 Å². The molecular weight excluding hydrogens is 524 g/mol. The molecule has 4 aromatic rings. The first-order valence-electron chi connectivity index (χ1n) is 12.0. The molecule has 3 aromatic carbocycles. The maximum absolute atomic E-state index is 13.9.